The number of aromatic nitrogens is 3. The van der Waals surface area contributed by atoms with E-state index in [1.54, 1.807) is 28.9 Å². The van der Waals surface area contributed by atoms with Crippen LogP contribution in [-0.4, -0.2) is 28.1 Å². The third-order valence-electron chi connectivity index (χ3n) is 3.31. The molecule has 0 saturated heterocycles. The lowest BCUT2D eigenvalue weighted by Gasteiger charge is -2.06. The summed E-state index contributed by atoms with van der Waals surface area (Å²) in [6.07, 6.45) is 2.12. The number of benzene rings is 1. The molecular formula is C14H12N4O2. The molecule has 0 aliphatic heterocycles. The first-order valence-corrected chi connectivity index (χ1v) is 6.29. The van der Waals surface area contributed by atoms with Gasteiger partial charge in [-0.3, -0.25) is 0 Å². The minimum absolute atomic E-state index is 0.361. The number of ether oxygens (including phenoxy) is 1. The second-order valence-electron chi connectivity index (χ2n) is 4.66. The van der Waals surface area contributed by atoms with E-state index in [4.69, 9.17) is 5.26 Å². The van der Waals surface area contributed by atoms with Crippen LogP contribution in [0.4, 0.5) is 0 Å². The van der Waals surface area contributed by atoms with Crippen LogP contribution in [0, 0.1) is 11.3 Å². The molecule has 0 unspecified atom stereocenters. The zero-order chi connectivity index (χ0) is 14.1. The number of carbonyl (C=O) groups is 1. The van der Waals surface area contributed by atoms with Crippen molar-refractivity contribution in [2.24, 2.45) is 0 Å². The van der Waals surface area contributed by atoms with Gasteiger partial charge in [0, 0.05) is 5.92 Å². The molecule has 0 spiro atoms. The zero-order valence-corrected chi connectivity index (χ0v) is 10.9. The van der Waals surface area contributed by atoms with E-state index in [0.717, 1.165) is 24.2 Å². The van der Waals surface area contributed by atoms with Crippen LogP contribution in [0.5, 0.6) is 0 Å². The van der Waals surface area contributed by atoms with Crippen LogP contribution >= 0.6 is 0 Å². The largest absolute Gasteiger partial charge is 0.465 e. The Balaban J connectivity index is 1.99. The Morgan fingerprint density at radius 2 is 2.10 bits per heavy atom. The van der Waals surface area contributed by atoms with Crippen LogP contribution in [-0.2, 0) is 4.74 Å². The monoisotopic (exact) mass is 268 g/mol. The van der Waals surface area contributed by atoms with Crippen molar-refractivity contribution in [1.82, 2.24) is 15.0 Å². The second-order valence-corrected chi connectivity index (χ2v) is 4.66. The van der Waals surface area contributed by atoms with Crippen LogP contribution < -0.4 is 0 Å². The number of nitriles is 1. The van der Waals surface area contributed by atoms with Gasteiger partial charge < -0.3 is 4.74 Å². The van der Waals surface area contributed by atoms with E-state index in [0.29, 0.717) is 17.2 Å². The maximum Gasteiger partial charge on any atom is 0.337 e. The van der Waals surface area contributed by atoms with Crippen molar-refractivity contribution in [2.45, 2.75) is 18.8 Å². The highest BCUT2D eigenvalue weighted by molar-refractivity contribution is 5.89. The molecule has 1 aliphatic carbocycles. The van der Waals surface area contributed by atoms with Crippen molar-refractivity contribution < 1.29 is 9.53 Å². The highest BCUT2D eigenvalue weighted by Crippen LogP contribution is 2.41. The third-order valence-corrected chi connectivity index (χ3v) is 3.31. The summed E-state index contributed by atoms with van der Waals surface area (Å²) in [4.78, 5) is 11.4. The van der Waals surface area contributed by atoms with Gasteiger partial charge in [-0.1, -0.05) is 5.21 Å². The average Bonchev–Trinajstić information content (AvgIpc) is 3.25. The first-order valence-electron chi connectivity index (χ1n) is 6.29. The van der Waals surface area contributed by atoms with Gasteiger partial charge in [0.2, 0.25) is 0 Å². The molecule has 20 heavy (non-hydrogen) atoms. The Morgan fingerprint density at radius 1 is 1.40 bits per heavy atom. The molecular weight excluding hydrogens is 256 g/mol. The third kappa shape index (κ3) is 2.03. The van der Waals surface area contributed by atoms with Gasteiger partial charge in [-0.2, -0.15) is 5.26 Å². The molecule has 0 bridgehead atoms. The molecule has 1 fully saturated rings. The Morgan fingerprint density at radius 3 is 2.65 bits per heavy atom. The lowest BCUT2D eigenvalue weighted by Crippen LogP contribution is -2.04. The van der Waals surface area contributed by atoms with Crippen molar-refractivity contribution in [2.75, 3.05) is 7.11 Å². The molecule has 1 aliphatic rings. The highest BCUT2D eigenvalue weighted by atomic mass is 16.5. The summed E-state index contributed by atoms with van der Waals surface area (Å²) in [5, 5.41) is 17.0. The Hall–Kier alpha value is -2.68. The second kappa shape index (κ2) is 4.78. The highest BCUT2D eigenvalue weighted by Gasteiger charge is 2.31. The topological polar surface area (TPSA) is 80.8 Å². The van der Waals surface area contributed by atoms with Gasteiger partial charge in [0.1, 0.15) is 6.07 Å². The average molecular weight is 268 g/mol. The molecule has 0 amide bonds. The Labute approximate surface area is 115 Å². The van der Waals surface area contributed by atoms with Crippen molar-refractivity contribution in [3.8, 4) is 11.8 Å². The molecule has 6 nitrogen and oxygen atoms in total. The van der Waals surface area contributed by atoms with Crippen LogP contribution in [0.2, 0.25) is 0 Å². The fourth-order valence-corrected chi connectivity index (χ4v) is 2.14. The van der Waals surface area contributed by atoms with Gasteiger partial charge in [-0.15, -0.1) is 5.10 Å². The number of rotatable bonds is 3. The SMILES string of the molecule is COC(=O)c1ccc(-n2nnc(C#N)c2C2CC2)cc1. The van der Waals surface area contributed by atoms with Gasteiger partial charge in [0.15, 0.2) is 5.69 Å². The fourth-order valence-electron chi connectivity index (χ4n) is 2.14. The number of hydrogen-bond acceptors (Lipinski definition) is 5. The summed E-state index contributed by atoms with van der Waals surface area (Å²) in [7, 11) is 1.35. The summed E-state index contributed by atoms with van der Waals surface area (Å²) in [5.74, 6) is -0.0183. The van der Waals surface area contributed by atoms with Crippen molar-refractivity contribution in [1.29, 1.82) is 5.26 Å². The summed E-state index contributed by atoms with van der Waals surface area (Å²) in [6, 6.07) is 8.97. The maximum atomic E-state index is 11.4. The number of esters is 1. The molecule has 2 aromatic rings. The van der Waals surface area contributed by atoms with Gasteiger partial charge in [0.25, 0.3) is 0 Å². The van der Waals surface area contributed by atoms with E-state index >= 15 is 0 Å². The normalized spacial score (nSPS) is 13.8. The Bertz CT molecular complexity index is 693. The zero-order valence-electron chi connectivity index (χ0n) is 10.9. The van der Waals surface area contributed by atoms with Gasteiger partial charge in [-0.25, -0.2) is 9.48 Å². The Kier molecular flexibility index (Phi) is 2.95. The predicted molar refractivity (Wildman–Crippen MR) is 69.4 cm³/mol. The van der Waals surface area contributed by atoms with E-state index in [9.17, 15) is 4.79 Å². The molecule has 100 valence electrons. The van der Waals surface area contributed by atoms with E-state index in [1.807, 2.05) is 0 Å². The molecule has 1 aromatic carbocycles. The molecule has 1 aromatic heterocycles. The molecule has 6 heteroatoms. The molecule has 1 saturated carbocycles. The van der Waals surface area contributed by atoms with Crippen molar-refractivity contribution >= 4 is 5.97 Å². The van der Waals surface area contributed by atoms with Gasteiger partial charge >= 0.3 is 5.97 Å². The lowest BCUT2D eigenvalue weighted by molar-refractivity contribution is 0.0601. The minimum Gasteiger partial charge on any atom is -0.465 e. The smallest absolute Gasteiger partial charge is 0.337 e. The van der Waals surface area contributed by atoms with Crippen molar-refractivity contribution in [3.05, 3.63) is 41.2 Å². The van der Waals surface area contributed by atoms with Crippen LogP contribution in [0.1, 0.15) is 40.5 Å². The van der Waals surface area contributed by atoms with E-state index < -0.39 is 0 Å². The number of nitrogens with zero attached hydrogens (tertiary/aromatic N) is 4. The van der Waals surface area contributed by atoms with Crippen LogP contribution in [0.25, 0.3) is 5.69 Å². The predicted octanol–water partition coefficient (Wildman–Crippen LogP) is 1.80. The summed E-state index contributed by atoms with van der Waals surface area (Å²) >= 11 is 0. The molecule has 0 atom stereocenters. The summed E-state index contributed by atoms with van der Waals surface area (Å²) in [5.41, 5.74) is 2.50. The number of carbonyl (C=O) groups excluding carboxylic acids is 1. The van der Waals surface area contributed by atoms with Crippen LogP contribution in [0.3, 0.4) is 0 Å². The fraction of sp³-hybridized carbons (Fsp3) is 0.286. The number of hydrogen-bond donors (Lipinski definition) is 0. The quantitative estimate of drug-likeness (QED) is 0.793. The number of methoxy groups -OCH3 is 1. The molecule has 0 radical (unpaired) electrons. The maximum absolute atomic E-state index is 11.4. The van der Waals surface area contributed by atoms with Gasteiger partial charge in [-0.05, 0) is 37.1 Å². The van der Waals surface area contributed by atoms with E-state index in [2.05, 4.69) is 21.1 Å². The van der Waals surface area contributed by atoms with Crippen molar-refractivity contribution in [3.63, 3.8) is 0 Å². The van der Waals surface area contributed by atoms with Gasteiger partial charge in [0.05, 0.1) is 24.1 Å². The first-order chi connectivity index (χ1) is 9.74. The standard InChI is InChI=1S/C14H12N4O2/c1-20-14(19)10-4-6-11(7-5-10)18-13(9-2-3-9)12(8-15)16-17-18/h4-7,9H,2-3H2,1H3. The van der Waals surface area contributed by atoms with E-state index in [1.165, 1.54) is 7.11 Å². The molecule has 1 heterocycles. The first kappa shape index (κ1) is 12.4. The van der Waals surface area contributed by atoms with E-state index in [-0.39, 0.29) is 5.97 Å². The molecule has 3 rings (SSSR count). The lowest BCUT2D eigenvalue weighted by atomic mass is 10.2. The molecule has 0 N–H and O–H groups in total. The summed E-state index contributed by atoms with van der Waals surface area (Å²) in [6.45, 7) is 0. The minimum atomic E-state index is -0.379. The summed E-state index contributed by atoms with van der Waals surface area (Å²) < 4.78 is 6.34. The van der Waals surface area contributed by atoms with Crippen LogP contribution in [0.15, 0.2) is 24.3 Å².